The van der Waals surface area contributed by atoms with Crippen molar-refractivity contribution >= 4 is 52.8 Å². The molecule has 2 N–H and O–H groups in total. The number of halogens is 5. The lowest BCUT2D eigenvalue weighted by molar-refractivity contribution is -0.137. The van der Waals surface area contributed by atoms with Gasteiger partial charge in [-0.1, -0.05) is 23.2 Å². The molecule has 0 aromatic heterocycles. The highest BCUT2D eigenvalue weighted by molar-refractivity contribution is 8.00. The monoisotopic (exact) mass is 574 g/mol. The van der Waals surface area contributed by atoms with Crippen LogP contribution in [-0.4, -0.2) is 49.1 Å². The molecule has 4 rings (SSSR count). The van der Waals surface area contributed by atoms with Crippen LogP contribution in [0.3, 0.4) is 0 Å². The van der Waals surface area contributed by atoms with Gasteiger partial charge in [0.05, 0.1) is 16.3 Å². The van der Waals surface area contributed by atoms with Crippen molar-refractivity contribution in [1.29, 1.82) is 0 Å². The number of anilines is 1. The number of rotatable bonds is 8. The minimum atomic E-state index is -4.56. The zero-order valence-corrected chi connectivity index (χ0v) is 22.2. The molecule has 0 spiro atoms. The Kier molecular flexibility index (Phi) is 9.03. The summed E-state index contributed by atoms with van der Waals surface area (Å²) in [6, 6.07) is 9.91. The molecule has 2 fully saturated rings. The summed E-state index contributed by atoms with van der Waals surface area (Å²) in [4.78, 5) is 27.7. The fourth-order valence-corrected chi connectivity index (χ4v) is 5.38. The van der Waals surface area contributed by atoms with Crippen LogP contribution in [0, 0.1) is 5.92 Å². The SMILES string of the molecule is O=C(NCC1CCCN(C(=O)CN(Sc2ccc(Cl)cc2)c2cc(C(F)(F)F)ccc2Cl)C1)NC1CC1. The first kappa shape index (κ1) is 27.7. The Labute approximate surface area is 228 Å². The first-order valence-electron chi connectivity index (χ1n) is 12.0. The molecule has 2 aromatic rings. The maximum Gasteiger partial charge on any atom is 0.416 e. The van der Waals surface area contributed by atoms with E-state index in [-0.39, 0.29) is 41.2 Å². The Balaban J connectivity index is 1.47. The number of likely N-dealkylation sites (tertiary alicyclic amines) is 1. The van der Waals surface area contributed by atoms with E-state index >= 15 is 0 Å². The van der Waals surface area contributed by atoms with Gasteiger partial charge in [0.2, 0.25) is 5.91 Å². The van der Waals surface area contributed by atoms with Gasteiger partial charge in [0, 0.05) is 35.6 Å². The quantitative estimate of drug-likeness (QED) is 0.367. The third-order valence-electron chi connectivity index (χ3n) is 6.19. The van der Waals surface area contributed by atoms with E-state index in [1.165, 1.54) is 10.4 Å². The van der Waals surface area contributed by atoms with Crippen LogP contribution in [-0.2, 0) is 11.0 Å². The molecule has 1 saturated carbocycles. The molecular weight excluding hydrogens is 548 g/mol. The van der Waals surface area contributed by atoms with Crippen LogP contribution in [0.15, 0.2) is 47.4 Å². The Morgan fingerprint density at radius 1 is 1.08 bits per heavy atom. The van der Waals surface area contributed by atoms with E-state index < -0.39 is 11.7 Å². The molecule has 37 heavy (non-hydrogen) atoms. The molecule has 0 radical (unpaired) electrons. The number of carbonyl (C=O) groups excluding carboxylic acids is 2. The fourth-order valence-electron chi connectivity index (χ4n) is 4.05. The summed E-state index contributed by atoms with van der Waals surface area (Å²) < 4.78 is 41.8. The summed E-state index contributed by atoms with van der Waals surface area (Å²) >= 11 is 13.4. The average Bonchev–Trinajstić information content (AvgIpc) is 3.67. The molecule has 2 aromatic carbocycles. The Morgan fingerprint density at radius 2 is 1.81 bits per heavy atom. The van der Waals surface area contributed by atoms with Gasteiger partial charge in [0.15, 0.2) is 0 Å². The third-order valence-corrected chi connectivity index (χ3v) is 7.79. The number of benzene rings is 2. The molecule has 1 unspecified atom stereocenters. The van der Waals surface area contributed by atoms with Crippen LogP contribution in [0.5, 0.6) is 0 Å². The second kappa shape index (κ2) is 12.0. The third kappa shape index (κ3) is 8.09. The van der Waals surface area contributed by atoms with Gasteiger partial charge in [0.1, 0.15) is 6.54 Å². The Morgan fingerprint density at radius 3 is 2.49 bits per heavy atom. The highest BCUT2D eigenvalue weighted by atomic mass is 35.5. The van der Waals surface area contributed by atoms with E-state index in [4.69, 9.17) is 23.2 Å². The number of piperidine rings is 1. The molecule has 0 bridgehead atoms. The maximum atomic E-state index is 13.4. The number of hydrogen-bond donors (Lipinski definition) is 2. The Hall–Kier alpha value is -2.30. The fraction of sp³-hybridized carbons (Fsp3) is 0.440. The molecule has 1 aliphatic carbocycles. The number of carbonyl (C=O) groups is 2. The normalized spacial score (nSPS) is 17.9. The van der Waals surface area contributed by atoms with E-state index in [1.54, 1.807) is 29.2 Å². The molecule has 2 aliphatic rings. The van der Waals surface area contributed by atoms with Crippen molar-refractivity contribution < 1.29 is 22.8 Å². The van der Waals surface area contributed by atoms with E-state index in [9.17, 15) is 22.8 Å². The van der Waals surface area contributed by atoms with Crippen LogP contribution in [0.2, 0.25) is 10.0 Å². The van der Waals surface area contributed by atoms with Crippen LogP contribution in [0.4, 0.5) is 23.7 Å². The molecule has 1 aliphatic heterocycles. The van der Waals surface area contributed by atoms with Gasteiger partial charge in [0.25, 0.3) is 0 Å². The van der Waals surface area contributed by atoms with Crippen molar-refractivity contribution in [1.82, 2.24) is 15.5 Å². The van der Waals surface area contributed by atoms with E-state index in [2.05, 4.69) is 10.6 Å². The number of hydrogen-bond acceptors (Lipinski definition) is 4. The number of nitrogens with zero attached hydrogens (tertiary/aromatic N) is 2. The summed E-state index contributed by atoms with van der Waals surface area (Å²) in [5.41, 5.74) is -0.758. The van der Waals surface area contributed by atoms with Gasteiger partial charge in [-0.15, -0.1) is 0 Å². The average molecular weight is 575 g/mol. The highest BCUT2D eigenvalue weighted by Gasteiger charge is 2.33. The van der Waals surface area contributed by atoms with Gasteiger partial charge >= 0.3 is 12.2 Å². The summed E-state index contributed by atoms with van der Waals surface area (Å²) in [5, 5.41) is 6.37. The molecule has 6 nitrogen and oxygen atoms in total. The van der Waals surface area contributed by atoms with Gasteiger partial charge in [-0.2, -0.15) is 13.2 Å². The van der Waals surface area contributed by atoms with Crippen molar-refractivity contribution in [3.63, 3.8) is 0 Å². The lowest BCUT2D eigenvalue weighted by atomic mass is 9.98. The van der Waals surface area contributed by atoms with Crippen LogP contribution < -0.4 is 14.9 Å². The standard InChI is InChI=1S/C25H27Cl2F3N4O2S/c26-18-4-8-20(9-5-18)37-34(22-12-17(25(28,29)30)3-10-21(22)27)15-23(35)33-11-1-2-16(14-33)13-31-24(36)32-19-6-7-19/h3-5,8-10,12,16,19H,1-2,6-7,11,13-15H2,(H2,31,32,36). The molecule has 1 saturated heterocycles. The predicted octanol–water partition coefficient (Wildman–Crippen LogP) is 6.23. The van der Waals surface area contributed by atoms with Gasteiger partial charge in [-0.25, -0.2) is 4.79 Å². The van der Waals surface area contributed by atoms with Gasteiger partial charge in [-0.3, -0.25) is 4.79 Å². The molecular formula is C25H27Cl2F3N4O2S. The second-order valence-corrected chi connectivity index (χ2v) is 11.2. The van der Waals surface area contributed by atoms with Crippen LogP contribution >= 0.6 is 35.1 Å². The molecule has 1 atom stereocenters. The predicted molar refractivity (Wildman–Crippen MR) is 140 cm³/mol. The van der Waals surface area contributed by atoms with Crippen molar-refractivity contribution in [3.8, 4) is 0 Å². The zero-order chi connectivity index (χ0) is 26.6. The number of alkyl halides is 3. The molecule has 1 heterocycles. The van der Waals surface area contributed by atoms with Crippen LogP contribution in [0.25, 0.3) is 0 Å². The number of nitrogens with one attached hydrogen (secondary N) is 2. The summed E-state index contributed by atoms with van der Waals surface area (Å²) in [7, 11) is 0. The minimum Gasteiger partial charge on any atom is -0.341 e. The summed E-state index contributed by atoms with van der Waals surface area (Å²) in [5.74, 6) is -0.140. The second-order valence-electron chi connectivity index (χ2n) is 9.22. The van der Waals surface area contributed by atoms with Crippen molar-refractivity contribution in [3.05, 3.63) is 58.1 Å². The Bertz CT molecular complexity index is 1120. The first-order valence-corrected chi connectivity index (χ1v) is 13.5. The van der Waals surface area contributed by atoms with Crippen molar-refractivity contribution in [2.24, 2.45) is 5.92 Å². The maximum absolute atomic E-state index is 13.4. The lowest BCUT2D eigenvalue weighted by Gasteiger charge is -2.34. The smallest absolute Gasteiger partial charge is 0.341 e. The van der Waals surface area contributed by atoms with Gasteiger partial charge < -0.3 is 19.8 Å². The molecule has 12 heteroatoms. The van der Waals surface area contributed by atoms with Gasteiger partial charge in [-0.05, 0) is 86.0 Å². The number of urea groups is 1. The summed E-state index contributed by atoms with van der Waals surface area (Å²) in [6.07, 6.45) is -0.912. The van der Waals surface area contributed by atoms with E-state index in [0.29, 0.717) is 29.6 Å². The minimum absolute atomic E-state index is 0.0942. The largest absolute Gasteiger partial charge is 0.416 e. The lowest BCUT2D eigenvalue weighted by Crippen LogP contribution is -2.47. The summed E-state index contributed by atoms with van der Waals surface area (Å²) in [6.45, 7) is 1.26. The van der Waals surface area contributed by atoms with E-state index in [1.807, 2.05) is 0 Å². The zero-order valence-electron chi connectivity index (χ0n) is 19.9. The van der Waals surface area contributed by atoms with Crippen LogP contribution in [0.1, 0.15) is 31.2 Å². The molecule has 3 amide bonds. The topological polar surface area (TPSA) is 64.7 Å². The first-order chi connectivity index (χ1) is 17.6. The van der Waals surface area contributed by atoms with Crippen molar-refractivity contribution in [2.75, 3.05) is 30.5 Å². The highest BCUT2D eigenvalue weighted by Crippen LogP contribution is 2.39. The van der Waals surface area contributed by atoms with Crippen molar-refractivity contribution in [2.45, 2.75) is 42.8 Å². The molecule has 200 valence electrons. The van der Waals surface area contributed by atoms with E-state index in [0.717, 1.165) is 49.8 Å². The number of amides is 3.